The first-order valence-electron chi connectivity index (χ1n) is 5.27. The third-order valence-electron chi connectivity index (χ3n) is 2.33. The summed E-state index contributed by atoms with van der Waals surface area (Å²) < 4.78 is 5.15. The molecule has 2 atom stereocenters. The van der Waals surface area contributed by atoms with Crippen LogP contribution >= 0.6 is 0 Å². The fraction of sp³-hybridized carbons (Fsp3) is 0.900. The minimum absolute atomic E-state index is 0.0233. The van der Waals surface area contributed by atoms with Crippen molar-refractivity contribution in [2.24, 2.45) is 5.90 Å². The van der Waals surface area contributed by atoms with E-state index in [0.717, 1.165) is 19.3 Å². The first-order chi connectivity index (χ1) is 6.92. The zero-order chi connectivity index (χ0) is 11.5. The molecule has 0 bridgehead atoms. The summed E-state index contributed by atoms with van der Waals surface area (Å²) in [5, 5.41) is 2.77. The van der Waals surface area contributed by atoms with Gasteiger partial charge in [-0.3, -0.25) is 4.84 Å². The van der Waals surface area contributed by atoms with Crippen LogP contribution < -0.4 is 11.2 Å². The van der Waals surface area contributed by atoms with Crippen LogP contribution in [0.1, 0.15) is 40.0 Å². The highest BCUT2D eigenvalue weighted by atomic mass is 16.6. The van der Waals surface area contributed by atoms with E-state index < -0.39 is 11.7 Å². The maximum absolute atomic E-state index is 11.4. The monoisotopic (exact) mass is 216 g/mol. The predicted molar refractivity (Wildman–Crippen MR) is 56.1 cm³/mol. The SMILES string of the molecule is CC(C)(C)OC(=O)N[C@H]1CCC[C@@H]1ON. The van der Waals surface area contributed by atoms with Crippen molar-refractivity contribution >= 4 is 6.09 Å². The minimum Gasteiger partial charge on any atom is -0.444 e. The molecule has 88 valence electrons. The number of nitrogens with two attached hydrogens (primary N) is 1. The number of hydrogen-bond acceptors (Lipinski definition) is 4. The molecule has 0 aromatic heterocycles. The van der Waals surface area contributed by atoms with Crippen LogP contribution in [0, 0.1) is 0 Å². The molecule has 5 nitrogen and oxygen atoms in total. The highest BCUT2D eigenvalue weighted by Crippen LogP contribution is 2.21. The second-order valence-corrected chi connectivity index (χ2v) is 4.86. The van der Waals surface area contributed by atoms with Crippen molar-refractivity contribution < 1.29 is 14.4 Å². The van der Waals surface area contributed by atoms with E-state index in [1.165, 1.54) is 0 Å². The van der Waals surface area contributed by atoms with Crippen LogP contribution in [-0.2, 0) is 9.57 Å². The first kappa shape index (κ1) is 12.3. The van der Waals surface area contributed by atoms with Gasteiger partial charge < -0.3 is 10.1 Å². The van der Waals surface area contributed by atoms with Crippen molar-refractivity contribution in [3.8, 4) is 0 Å². The number of ether oxygens (including phenoxy) is 1. The maximum atomic E-state index is 11.4. The molecule has 0 radical (unpaired) electrons. The first-order valence-corrected chi connectivity index (χ1v) is 5.27. The standard InChI is InChI=1S/C10H20N2O3/c1-10(2,3)14-9(13)12-7-5-4-6-8(7)15-11/h7-8H,4-6,11H2,1-3H3,(H,12,13)/t7-,8-/m0/s1. The lowest BCUT2D eigenvalue weighted by Gasteiger charge is -2.23. The highest BCUT2D eigenvalue weighted by Gasteiger charge is 2.30. The Morgan fingerprint density at radius 2 is 2.07 bits per heavy atom. The number of carbonyl (C=O) groups is 1. The van der Waals surface area contributed by atoms with Crippen molar-refractivity contribution in [1.29, 1.82) is 0 Å². The Bertz CT molecular complexity index is 225. The molecule has 0 heterocycles. The Morgan fingerprint density at radius 3 is 2.60 bits per heavy atom. The van der Waals surface area contributed by atoms with E-state index in [-0.39, 0.29) is 12.1 Å². The normalized spacial score (nSPS) is 26.4. The smallest absolute Gasteiger partial charge is 0.407 e. The van der Waals surface area contributed by atoms with Crippen molar-refractivity contribution in [3.05, 3.63) is 0 Å². The number of hydrogen-bond donors (Lipinski definition) is 2. The van der Waals surface area contributed by atoms with Crippen molar-refractivity contribution in [2.75, 3.05) is 0 Å². The van der Waals surface area contributed by atoms with Crippen LogP contribution in [0.2, 0.25) is 0 Å². The fourth-order valence-corrected chi connectivity index (χ4v) is 1.71. The summed E-state index contributed by atoms with van der Waals surface area (Å²) in [6, 6.07) is -0.0233. The van der Waals surface area contributed by atoms with Crippen molar-refractivity contribution in [1.82, 2.24) is 5.32 Å². The number of amides is 1. The average Bonchev–Trinajstić information content (AvgIpc) is 2.48. The molecule has 0 saturated heterocycles. The summed E-state index contributed by atoms with van der Waals surface area (Å²) in [6.45, 7) is 5.49. The quantitative estimate of drug-likeness (QED) is 0.683. The number of nitrogens with one attached hydrogen (secondary N) is 1. The van der Waals surface area contributed by atoms with Crippen LogP contribution in [0.3, 0.4) is 0 Å². The Labute approximate surface area is 90.3 Å². The molecule has 1 aliphatic carbocycles. The van der Waals surface area contributed by atoms with Gasteiger partial charge in [0.15, 0.2) is 0 Å². The van der Waals surface area contributed by atoms with Gasteiger partial charge in [-0.25, -0.2) is 10.7 Å². The summed E-state index contributed by atoms with van der Waals surface area (Å²) in [5.74, 6) is 5.14. The van der Waals surface area contributed by atoms with E-state index >= 15 is 0 Å². The third-order valence-corrected chi connectivity index (χ3v) is 2.33. The van der Waals surface area contributed by atoms with Crippen molar-refractivity contribution in [3.63, 3.8) is 0 Å². The predicted octanol–water partition coefficient (Wildman–Crippen LogP) is 1.32. The minimum atomic E-state index is -0.470. The molecule has 1 saturated carbocycles. The van der Waals surface area contributed by atoms with Crippen LogP contribution in [-0.4, -0.2) is 23.8 Å². The number of rotatable bonds is 2. The van der Waals surface area contributed by atoms with E-state index in [9.17, 15) is 4.79 Å². The zero-order valence-electron chi connectivity index (χ0n) is 9.58. The highest BCUT2D eigenvalue weighted by molar-refractivity contribution is 5.68. The third kappa shape index (κ3) is 4.05. The molecule has 1 amide bonds. The van der Waals surface area contributed by atoms with E-state index in [1.54, 1.807) is 0 Å². The second-order valence-electron chi connectivity index (χ2n) is 4.86. The number of carbonyl (C=O) groups excluding carboxylic acids is 1. The zero-order valence-corrected chi connectivity index (χ0v) is 9.58. The van der Waals surface area contributed by atoms with Crippen LogP contribution in [0.4, 0.5) is 4.79 Å². The van der Waals surface area contributed by atoms with Gasteiger partial charge in [0.05, 0.1) is 12.1 Å². The summed E-state index contributed by atoms with van der Waals surface area (Å²) in [6.07, 6.45) is 2.30. The van der Waals surface area contributed by atoms with E-state index in [2.05, 4.69) is 5.32 Å². The molecule has 1 fully saturated rings. The molecule has 3 N–H and O–H groups in total. The fourth-order valence-electron chi connectivity index (χ4n) is 1.71. The lowest BCUT2D eigenvalue weighted by Crippen LogP contribution is -2.44. The van der Waals surface area contributed by atoms with Gasteiger partial charge in [-0.05, 0) is 40.0 Å². The van der Waals surface area contributed by atoms with Crippen molar-refractivity contribution in [2.45, 2.75) is 57.8 Å². The summed E-state index contributed by atoms with van der Waals surface area (Å²) in [4.78, 5) is 16.2. The molecule has 0 spiro atoms. The number of alkyl carbamates (subject to hydrolysis) is 1. The molecule has 5 heteroatoms. The molecule has 0 aromatic rings. The molecule has 15 heavy (non-hydrogen) atoms. The summed E-state index contributed by atoms with van der Waals surface area (Å²) in [7, 11) is 0. The largest absolute Gasteiger partial charge is 0.444 e. The summed E-state index contributed by atoms with van der Waals surface area (Å²) in [5.41, 5.74) is -0.470. The molecule has 1 aliphatic rings. The Balaban J connectivity index is 2.37. The molecule has 1 rings (SSSR count). The Morgan fingerprint density at radius 1 is 1.40 bits per heavy atom. The lowest BCUT2D eigenvalue weighted by molar-refractivity contribution is 0.0237. The maximum Gasteiger partial charge on any atom is 0.407 e. The molecule has 0 unspecified atom stereocenters. The van der Waals surface area contributed by atoms with Gasteiger partial charge in [-0.15, -0.1) is 0 Å². The topological polar surface area (TPSA) is 73.6 Å². The van der Waals surface area contributed by atoms with Gasteiger partial charge in [0.25, 0.3) is 0 Å². The van der Waals surface area contributed by atoms with Gasteiger partial charge in [-0.1, -0.05) is 0 Å². The Hall–Kier alpha value is -0.810. The molecular formula is C10H20N2O3. The molecule has 0 aliphatic heterocycles. The van der Waals surface area contributed by atoms with Gasteiger partial charge in [0.2, 0.25) is 0 Å². The average molecular weight is 216 g/mol. The van der Waals surface area contributed by atoms with Gasteiger partial charge in [0, 0.05) is 0 Å². The van der Waals surface area contributed by atoms with Gasteiger partial charge >= 0.3 is 6.09 Å². The van der Waals surface area contributed by atoms with Crippen LogP contribution in [0.5, 0.6) is 0 Å². The molecule has 0 aromatic carbocycles. The Kier molecular flexibility index (Phi) is 3.93. The van der Waals surface area contributed by atoms with Crippen LogP contribution in [0.25, 0.3) is 0 Å². The van der Waals surface area contributed by atoms with E-state index in [4.69, 9.17) is 15.5 Å². The summed E-state index contributed by atoms with van der Waals surface area (Å²) >= 11 is 0. The van der Waals surface area contributed by atoms with Gasteiger partial charge in [0.1, 0.15) is 5.60 Å². The van der Waals surface area contributed by atoms with E-state index in [1.807, 2.05) is 20.8 Å². The lowest BCUT2D eigenvalue weighted by atomic mass is 10.2. The second kappa shape index (κ2) is 4.81. The van der Waals surface area contributed by atoms with E-state index in [0.29, 0.717) is 0 Å². The van der Waals surface area contributed by atoms with Gasteiger partial charge in [-0.2, -0.15) is 0 Å². The van der Waals surface area contributed by atoms with Crippen LogP contribution in [0.15, 0.2) is 0 Å². The molecular weight excluding hydrogens is 196 g/mol.